The van der Waals surface area contributed by atoms with Crippen LogP contribution in [0.1, 0.15) is 13.3 Å². The van der Waals surface area contributed by atoms with Crippen LogP contribution < -0.4 is 10.5 Å². The quantitative estimate of drug-likeness (QED) is 0.681. The first-order chi connectivity index (χ1) is 7.60. The first kappa shape index (κ1) is 13.1. The molecule has 0 fully saturated rings. The summed E-state index contributed by atoms with van der Waals surface area (Å²) < 4.78 is 27.6. The fraction of sp³-hybridized carbons (Fsp3) is 0.667. The topological polar surface area (TPSA) is 90.0 Å². The van der Waals surface area contributed by atoms with Gasteiger partial charge in [0, 0.05) is 25.5 Å². The van der Waals surface area contributed by atoms with E-state index in [-0.39, 0.29) is 6.54 Å². The summed E-state index contributed by atoms with van der Waals surface area (Å²) in [6, 6.07) is 1.79. The van der Waals surface area contributed by atoms with Crippen LogP contribution in [0.15, 0.2) is 18.5 Å². The molecule has 7 heteroatoms. The monoisotopic (exact) mass is 246 g/mol. The van der Waals surface area contributed by atoms with Gasteiger partial charge in [-0.15, -0.1) is 0 Å². The molecule has 6 nitrogen and oxygen atoms in total. The van der Waals surface area contributed by atoms with E-state index in [1.165, 1.54) is 0 Å². The van der Waals surface area contributed by atoms with Crippen LogP contribution >= 0.6 is 0 Å². The lowest BCUT2D eigenvalue weighted by molar-refractivity contribution is 0.545. The zero-order valence-electron chi connectivity index (χ0n) is 9.33. The second kappa shape index (κ2) is 5.97. The van der Waals surface area contributed by atoms with E-state index in [1.807, 2.05) is 6.92 Å². The van der Waals surface area contributed by atoms with Gasteiger partial charge >= 0.3 is 0 Å². The number of hydrogen-bond acceptors (Lipinski definition) is 4. The lowest BCUT2D eigenvalue weighted by Crippen LogP contribution is -2.39. The normalized spacial score (nSPS) is 13.9. The van der Waals surface area contributed by atoms with Gasteiger partial charge in [0.05, 0.1) is 11.8 Å². The molecule has 0 spiro atoms. The van der Waals surface area contributed by atoms with Crippen LogP contribution in [0.4, 0.5) is 0 Å². The molecule has 1 rings (SSSR count). The molecule has 1 aromatic rings. The number of rotatable bonds is 7. The zero-order valence-corrected chi connectivity index (χ0v) is 10.2. The predicted molar refractivity (Wildman–Crippen MR) is 62.3 cm³/mol. The third kappa shape index (κ3) is 3.58. The molecule has 1 heterocycles. The van der Waals surface area contributed by atoms with Crippen LogP contribution in [0.2, 0.25) is 0 Å². The Labute approximate surface area is 95.9 Å². The molecule has 0 aromatic carbocycles. The standard InChI is InChI=1S/C9H18N4O2S/c1-2-9(8-10)16(14,15)12-5-7-13-6-3-4-11-13/h3-4,6,9,12H,2,5,7-8,10H2,1H3. The molecule has 16 heavy (non-hydrogen) atoms. The molecule has 92 valence electrons. The van der Waals surface area contributed by atoms with Crippen LogP contribution in [-0.2, 0) is 16.6 Å². The third-order valence-electron chi connectivity index (χ3n) is 2.36. The zero-order chi connectivity index (χ0) is 12.0. The van der Waals surface area contributed by atoms with Crippen molar-refractivity contribution in [3.8, 4) is 0 Å². The Morgan fingerprint density at radius 1 is 1.56 bits per heavy atom. The number of hydrogen-bond donors (Lipinski definition) is 2. The van der Waals surface area contributed by atoms with Gasteiger partial charge < -0.3 is 5.73 Å². The van der Waals surface area contributed by atoms with E-state index in [4.69, 9.17) is 5.73 Å². The Morgan fingerprint density at radius 3 is 2.81 bits per heavy atom. The van der Waals surface area contributed by atoms with Crippen molar-refractivity contribution in [3.05, 3.63) is 18.5 Å². The Bertz CT molecular complexity index is 384. The molecule has 0 amide bonds. The average molecular weight is 246 g/mol. The third-order valence-corrected chi connectivity index (χ3v) is 4.37. The summed E-state index contributed by atoms with van der Waals surface area (Å²) in [5.41, 5.74) is 5.40. The van der Waals surface area contributed by atoms with Crippen molar-refractivity contribution in [1.29, 1.82) is 0 Å². The summed E-state index contributed by atoms with van der Waals surface area (Å²) >= 11 is 0. The van der Waals surface area contributed by atoms with Gasteiger partial charge in [-0.1, -0.05) is 6.92 Å². The smallest absolute Gasteiger partial charge is 0.215 e. The Morgan fingerprint density at radius 2 is 2.31 bits per heavy atom. The summed E-state index contributed by atoms with van der Waals surface area (Å²) in [6.45, 7) is 2.81. The van der Waals surface area contributed by atoms with Crippen molar-refractivity contribution in [2.75, 3.05) is 13.1 Å². The highest BCUT2D eigenvalue weighted by molar-refractivity contribution is 7.90. The number of nitrogens with zero attached hydrogens (tertiary/aromatic N) is 2. The molecule has 0 saturated carbocycles. The number of sulfonamides is 1. The van der Waals surface area contributed by atoms with Crippen LogP contribution in [0.25, 0.3) is 0 Å². The Hall–Kier alpha value is -0.920. The molecule has 0 aliphatic carbocycles. The first-order valence-electron chi connectivity index (χ1n) is 5.26. The molecular weight excluding hydrogens is 228 g/mol. The van der Waals surface area contributed by atoms with Crippen LogP contribution in [0.5, 0.6) is 0 Å². The van der Waals surface area contributed by atoms with Crippen molar-refractivity contribution in [2.24, 2.45) is 5.73 Å². The minimum absolute atomic E-state index is 0.146. The lowest BCUT2D eigenvalue weighted by atomic mass is 10.3. The minimum Gasteiger partial charge on any atom is -0.329 e. The molecular formula is C9H18N4O2S. The van der Waals surface area contributed by atoms with Gasteiger partial charge in [-0.2, -0.15) is 5.10 Å². The second-order valence-corrected chi connectivity index (χ2v) is 5.52. The molecule has 3 N–H and O–H groups in total. The van der Waals surface area contributed by atoms with E-state index in [0.717, 1.165) is 0 Å². The maximum atomic E-state index is 11.7. The number of nitrogens with two attached hydrogens (primary N) is 1. The molecule has 0 radical (unpaired) electrons. The van der Waals surface area contributed by atoms with Gasteiger partial charge in [0.1, 0.15) is 0 Å². The summed E-state index contributed by atoms with van der Waals surface area (Å²) in [4.78, 5) is 0. The van der Waals surface area contributed by atoms with Gasteiger partial charge in [-0.05, 0) is 12.5 Å². The van der Waals surface area contributed by atoms with E-state index in [0.29, 0.717) is 19.5 Å². The van der Waals surface area contributed by atoms with E-state index >= 15 is 0 Å². The van der Waals surface area contributed by atoms with Gasteiger partial charge in [0.2, 0.25) is 10.0 Å². The summed E-state index contributed by atoms with van der Waals surface area (Å²) in [5, 5.41) is 3.47. The molecule has 1 unspecified atom stereocenters. The largest absolute Gasteiger partial charge is 0.329 e. The molecule has 1 atom stereocenters. The maximum absolute atomic E-state index is 11.7. The molecule has 0 bridgehead atoms. The average Bonchev–Trinajstić information content (AvgIpc) is 2.71. The van der Waals surface area contributed by atoms with Crippen molar-refractivity contribution >= 4 is 10.0 Å². The van der Waals surface area contributed by atoms with Crippen LogP contribution in [-0.4, -0.2) is 36.5 Å². The molecule has 0 aliphatic rings. The minimum atomic E-state index is -3.29. The SMILES string of the molecule is CCC(CN)S(=O)(=O)NCCn1cccn1. The lowest BCUT2D eigenvalue weighted by Gasteiger charge is -2.14. The fourth-order valence-electron chi connectivity index (χ4n) is 1.37. The van der Waals surface area contributed by atoms with Crippen molar-refractivity contribution in [1.82, 2.24) is 14.5 Å². The highest BCUT2D eigenvalue weighted by Gasteiger charge is 2.21. The van der Waals surface area contributed by atoms with Crippen LogP contribution in [0.3, 0.4) is 0 Å². The molecule has 0 saturated heterocycles. The van der Waals surface area contributed by atoms with Gasteiger partial charge in [-0.25, -0.2) is 13.1 Å². The second-order valence-electron chi connectivity index (χ2n) is 3.47. The molecule has 0 aliphatic heterocycles. The highest BCUT2D eigenvalue weighted by atomic mass is 32.2. The predicted octanol–water partition coefficient (Wildman–Crippen LogP) is -0.460. The Balaban J connectivity index is 2.42. The summed E-state index contributed by atoms with van der Waals surface area (Å²) in [5.74, 6) is 0. The van der Waals surface area contributed by atoms with Gasteiger partial charge in [0.25, 0.3) is 0 Å². The van der Waals surface area contributed by atoms with Crippen molar-refractivity contribution in [3.63, 3.8) is 0 Å². The van der Waals surface area contributed by atoms with Crippen molar-refractivity contribution in [2.45, 2.75) is 25.1 Å². The van der Waals surface area contributed by atoms with Gasteiger partial charge in [0.15, 0.2) is 0 Å². The van der Waals surface area contributed by atoms with E-state index < -0.39 is 15.3 Å². The van der Waals surface area contributed by atoms with Crippen molar-refractivity contribution < 1.29 is 8.42 Å². The van der Waals surface area contributed by atoms with E-state index in [2.05, 4.69) is 9.82 Å². The number of aromatic nitrogens is 2. The van der Waals surface area contributed by atoms with E-state index in [1.54, 1.807) is 23.1 Å². The summed E-state index contributed by atoms with van der Waals surface area (Å²) in [7, 11) is -3.29. The fourth-order valence-corrected chi connectivity index (χ4v) is 2.67. The molecule has 1 aromatic heterocycles. The maximum Gasteiger partial charge on any atom is 0.215 e. The number of nitrogens with one attached hydrogen (secondary N) is 1. The van der Waals surface area contributed by atoms with Gasteiger partial charge in [-0.3, -0.25) is 4.68 Å². The highest BCUT2D eigenvalue weighted by Crippen LogP contribution is 2.01. The first-order valence-corrected chi connectivity index (χ1v) is 6.80. The van der Waals surface area contributed by atoms with E-state index in [9.17, 15) is 8.42 Å². The van der Waals surface area contributed by atoms with Crippen LogP contribution in [0, 0.1) is 0 Å². The summed E-state index contributed by atoms with van der Waals surface area (Å²) in [6.07, 6.45) is 3.96. The Kier molecular flexibility index (Phi) is 4.91.